The van der Waals surface area contributed by atoms with Crippen molar-refractivity contribution < 1.29 is 9.53 Å². The molecule has 1 spiro atoms. The van der Waals surface area contributed by atoms with E-state index >= 15 is 0 Å². The summed E-state index contributed by atoms with van der Waals surface area (Å²) in [7, 11) is 0. The number of nitrogens with zero attached hydrogens (tertiary/aromatic N) is 3. The van der Waals surface area contributed by atoms with Gasteiger partial charge in [-0.25, -0.2) is 0 Å². The molecule has 0 radical (unpaired) electrons. The third-order valence-corrected chi connectivity index (χ3v) is 4.82. The molecule has 0 aromatic rings. The van der Waals surface area contributed by atoms with Crippen LogP contribution in [0.5, 0.6) is 0 Å². The van der Waals surface area contributed by atoms with E-state index in [0.29, 0.717) is 25.8 Å². The van der Waals surface area contributed by atoms with Gasteiger partial charge in [0, 0.05) is 38.8 Å². The molecule has 3 rings (SSSR count). The van der Waals surface area contributed by atoms with E-state index in [4.69, 9.17) is 11.2 Å². The summed E-state index contributed by atoms with van der Waals surface area (Å²) in [6.45, 7) is 3.51. The van der Waals surface area contributed by atoms with E-state index in [-0.39, 0.29) is 23.3 Å². The van der Waals surface area contributed by atoms with Gasteiger partial charge in [0.15, 0.2) is 5.66 Å². The Bertz CT molecular complexity index is 484. The first-order valence-electron chi connectivity index (χ1n) is 7.90. The second kappa shape index (κ2) is 5.42. The Morgan fingerprint density at radius 2 is 2.19 bits per heavy atom. The maximum atomic E-state index is 12.5. The summed E-state index contributed by atoms with van der Waals surface area (Å²) < 4.78 is 6.05. The average molecular weight is 289 g/mol. The Morgan fingerprint density at radius 3 is 2.76 bits per heavy atom. The van der Waals surface area contributed by atoms with Gasteiger partial charge in [-0.3, -0.25) is 4.79 Å². The Labute approximate surface area is 126 Å². The largest absolute Gasteiger partial charge is 0.368 e. The van der Waals surface area contributed by atoms with E-state index < -0.39 is 0 Å². The normalized spacial score (nSPS) is 28.0. The molecule has 0 N–H and O–H groups in total. The van der Waals surface area contributed by atoms with Crippen LogP contribution in [-0.2, 0) is 9.53 Å². The zero-order valence-electron chi connectivity index (χ0n) is 12.7. The molecule has 0 aromatic carbocycles. The standard InChI is InChI=1S/C16H23N3O2/c1-3-4-9-16(17-18-16)10-6-14(20)19-11-13(2)21-15(12-19)7-5-8-15/h1,13H,4-12H2,2H3. The van der Waals surface area contributed by atoms with Gasteiger partial charge in [-0.2, -0.15) is 10.2 Å². The second-order valence-corrected chi connectivity index (χ2v) is 6.63. The van der Waals surface area contributed by atoms with Crippen molar-refractivity contribution in [1.29, 1.82) is 0 Å². The van der Waals surface area contributed by atoms with Crippen LogP contribution >= 0.6 is 0 Å². The van der Waals surface area contributed by atoms with Crippen molar-refractivity contribution in [3.63, 3.8) is 0 Å². The molecule has 1 atom stereocenters. The van der Waals surface area contributed by atoms with E-state index in [1.165, 1.54) is 6.42 Å². The minimum absolute atomic E-state index is 0.0528. The van der Waals surface area contributed by atoms with Crippen LogP contribution < -0.4 is 0 Å². The highest BCUT2D eigenvalue weighted by Crippen LogP contribution is 2.41. The van der Waals surface area contributed by atoms with Crippen LogP contribution in [0.15, 0.2) is 10.2 Å². The zero-order chi connectivity index (χ0) is 14.9. The summed E-state index contributed by atoms with van der Waals surface area (Å²) in [5.74, 6) is 2.82. The Kier molecular flexibility index (Phi) is 3.75. The molecule has 0 aromatic heterocycles. The summed E-state index contributed by atoms with van der Waals surface area (Å²) in [5.41, 5.74) is -0.406. The van der Waals surface area contributed by atoms with Crippen LogP contribution in [0.4, 0.5) is 0 Å². The van der Waals surface area contributed by atoms with Gasteiger partial charge in [0.05, 0.1) is 11.7 Å². The van der Waals surface area contributed by atoms with Crippen molar-refractivity contribution in [3.8, 4) is 12.3 Å². The lowest BCUT2D eigenvalue weighted by molar-refractivity contribution is -0.190. The molecule has 114 valence electrons. The number of morpholine rings is 1. The lowest BCUT2D eigenvalue weighted by Gasteiger charge is -2.50. The minimum Gasteiger partial charge on any atom is -0.368 e. The summed E-state index contributed by atoms with van der Waals surface area (Å²) in [6, 6.07) is 0. The zero-order valence-corrected chi connectivity index (χ0v) is 12.7. The van der Waals surface area contributed by atoms with E-state index in [1.54, 1.807) is 0 Å². The molecule has 2 heterocycles. The molecular weight excluding hydrogens is 266 g/mol. The van der Waals surface area contributed by atoms with E-state index in [0.717, 1.165) is 25.8 Å². The van der Waals surface area contributed by atoms with E-state index in [9.17, 15) is 4.79 Å². The van der Waals surface area contributed by atoms with Gasteiger partial charge < -0.3 is 9.64 Å². The van der Waals surface area contributed by atoms with Crippen LogP contribution in [-0.4, -0.2) is 41.3 Å². The highest BCUT2D eigenvalue weighted by molar-refractivity contribution is 5.76. The molecule has 5 heteroatoms. The molecule has 0 bridgehead atoms. The number of amides is 1. The highest BCUT2D eigenvalue weighted by Gasteiger charge is 2.46. The molecule has 1 aliphatic carbocycles. The maximum absolute atomic E-state index is 12.5. The highest BCUT2D eigenvalue weighted by atomic mass is 16.5. The predicted molar refractivity (Wildman–Crippen MR) is 78.6 cm³/mol. The van der Waals surface area contributed by atoms with Crippen LogP contribution in [0.3, 0.4) is 0 Å². The van der Waals surface area contributed by atoms with Crippen molar-refractivity contribution in [1.82, 2.24) is 4.90 Å². The summed E-state index contributed by atoms with van der Waals surface area (Å²) >= 11 is 0. The summed E-state index contributed by atoms with van der Waals surface area (Å²) in [5, 5.41) is 8.19. The van der Waals surface area contributed by atoms with Crippen molar-refractivity contribution >= 4 is 5.91 Å². The number of terminal acetylenes is 1. The van der Waals surface area contributed by atoms with Gasteiger partial charge >= 0.3 is 0 Å². The van der Waals surface area contributed by atoms with E-state index in [2.05, 4.69) is 23.1 Å². The first kappa shape index (κ1) is 14.5. The predicted octanol–water partition coefficient (Wildman–Crippen LogP) is 2.51. The average Bonchev–Trinajstić information content (AvgIpc) is 3.21. The second-order valence-electron chi connectivity index (χ2n) is 6.63. The Hall–Kier alpha value is -1.41. The molecule has 3 aliphatic rings. The monoisotopic (exact) mass is 289 g/mol. The number of hydrogen-bond acceptors (Lipinski definition) is 4. The molecule has 21 heavy (non-hydrogen) atoms. The first-order valence-corrected chi connectivity index (χ1v) is 7.90. The van der Waals surface area contributed by atoms with Crippen LogP contribution in [0, 0.1) is 12.3 Å². The lowest BCUT2D eigenvalue weighted by atomic mass is 9.78. The van der Waals surface area contributed by atoms with Gasteiger partial charge in [0.1, 0.15) is 0 Å². The van der Waals surface area contributed by atoms with Gasteiger partial charge in [0.2, 0.25) is 5.91 Å². The topological polar surface area (TPSA) is 54.3 Å². The smallest absolute Gasteiger partial charge is 0.222 e. The van der Waals surface area contributed by atoms with Gasteiger partial charge in [-0.05, 0) is 26.2 Å². The van der Waals surface area contributed by atoms with Gasteiger partial charge in [0.25, 0.3) is 0 Å². The van der Waals surface area contributed by atoms with Crippen molar-refractivity contribution in [3.05, 3.63) is 0 Å². The number of hydrogen-bond donors (Lipinski definition) is 0. The van der Waals surface area contributed by atoms with Crippen molar-refractivity contribution in [2.75, 3.05) is 13.1 Å². The molecule has 5 nitrogen and oxygen atoms in total. The Balaban J connectivity index is 1.50. The third kappa shape index (κ3) is 3.11. The molecule has 2 aliphatic heterocycles. The molecule has 1 amide bonds. The molecule has 1 saturated carbocycles. The van der Waals surface area contributed by atoms with Crippen LogP contribution in [0.2, 0.25) is 0 Å². The number of ether oxygens (including phenoxy) is 1. The first-order chi connectivity index (χ1) is 10.1. The number of carbonyl (C=O) groups is 1. The van der Waals surface area contributed by atoms with Crippen LogP contribution in [0.25, 0.3) is 0 Å². The van der Waals surface area contributed by atoms with Crippen molar-refractivity contribution in [2.45, 2.75) is 69.2 Å². The molecule has 1 saturated heterocycles. The SMILES string of the molecule is C#CCCC1(CCC(=O)N2CC(C)OC3(CCC3)C2)N=N1. The summed E-state index contributed by atoms with van der Waals surface area (Å²) in [4.78, 5) is 14.4. The quantitative estimate of drug-likeness (QED) is 0.730. The number of rotatable bonds is 5. The Morgan fingerprint density at radius 1 is 1.43 bits per heavy atom. The van der Waals surface area contributed by atoms with Crippen LogP contribution in [0.1, 0.15) is 51.9 Å². The molecule has 1 unspecified atom stereocenters. The lowest BCUT2D eigenvalue weighted by Crippen LogP contribution is -2.59. The number of carbonyl (C=O) groups excluding carboxylic acids is 1. The third-order valence-electron chi connectivity index (χ3n) is 4.82. The van der Waals surface area contributed by atoms with Crippen molar-refractivity contribution in [2.24, 2.45) is 10.2 Å². The molecular formula is C16H23N3O2. The summed E-state index contributed by atoms with van der Waals surface area (Å²) in [6.07, 6.45) is 11.4. The fourth-order valence-electron chi connectivity index (χ4n) is 3.39. The van der Waals surface area contributed by atoms with Gasteiger partial charge in [-0.15, -0.1) is 12.3 Å². The maximum Gasteiger partial charge on any atom is 0.222 e. The fourth-order valence-corrected chi connectivity index (χ4v) is 3.39. The van der Waals surface area contributed by atoms with E-state index in [1.807, 2.05) is 4.90 Å². The van der Waals surface area contributed by atoms with Gasteiger partial charge in [-0.1, -0.05) is 0 Å². The molecule has 2 fully saturated rings. The fraction of sp³-hybridized carbons (Fsp3) is 0.812. The minimum atomic E-state index is -0.353.